The van der Waals surface area contributed by atoms with Gasteiger partial charge < -0.3 is 9.73 Å². The first-order valence-electron chi connectivity index (χ1n) is 7.39. The molecule has 108 valence electrons. The molecule has 1 aliphatic heterocycles. The fraction of sp³-hybridized carbons (Fsp3) is 0.857. The summed E-state index contributed by atoms with van der Waals surface area (Å²) >= 11 is 0. The minimum atomic E-state index is 0.597. The molecule has 0 radical (unpaired) electrons. The molecule has 2 rings (SSSR count). The molecular weight excluding hydrogens is 240 g/mol. The van der Waals surface area contributed by atoms with Crippen LogP contribution in [-0.2, 0) is 6.54 Å². The van der Waals surface area contributed by atoms with Crippen molar-refractivity contribution in [3.63, 3.8) is 0 Å². The highest BCUT2D eigenvalue weighted by atomic mass is 16.4. The third-order valence-electron chi connectivity index (χ3n) is 3.59. The average Bonchev–Trinajstić information content (AvgIpc) is 2.77. The van der Waals surface area contributed by atoms with E-state index < -0.39 is 0 Å². The van der Waals surface area contributed by atoms with E-state index in [4.69, 9.17) is 4.42 Å². The number of rotatable bonds is 6. The molecule has 1 fully saturated rings. The lowest BCUT2D eigenvalue weighted by atomic mass is 10.0. The molecule has 0 saturated carbocycles. The summed E-state index contributed by atoms with van der Waals surface area (Å²) in [5, 5.41) is 11.6. The van der Waals surface area contributed by atoms with Gasteiger partial charge in [-0.25, -0.2) is 0 Å². The number of aryl methyl sites for hydroxylation is 1. The summed E-state index contributed by atoms with van der Waals surface area (Å²) in [5.41, 5.74) is 0. The van der Waals surface area contributed by atoms with Gasteiger partial charge in [0.15, 0.2) is 0 Å². The maximum atomic E-state index is 5.49. The van der Waals surface area contributed by atoms with Gasteiger partial charge in [0.1, 0.15) is 0 Å². The second-order valence-corrected chi connectivity index (χ2v) is 5.89. The highest BCUT2D eigenvalue weighted by Gasteiger charge is 2.23. The van der Waals surface area contributed by atoms with Crippen LogP contribution < -0.4 is 5.32 Å². The zero-order chi connectivity index (χ0) is 13.7. The van der Waals surface area contributed by atoms with Gasteiger partial charge in [-0.3, -0.25) is 4.90 Å². The van der Waals surface area contributed by atoms with Gasteiger partial charge in [-0.05, 0) is 31.8 Å². The molecule has 0 spiro atoms. The zero-order valence-electron chi connectivity index (χ0n) is 12.4. The van der Waals surface area contributed by atoms with E-state index in [1.54, 1.807) is 0 Å². The molecule has 5 nitrogen and oxygen atoms in total. The third-order valence-corrected chi connectivity index (χ3v) is 3.59. The molecule has 2 heterocycles. The van der Waals surface area contributed by atoms with Gasteiger partial charge in [0.25, 0.3) is 0 Å². The Kier molecular flexibility index (Phi) is 5.34. The summed E-state index contributed by atoms with van der Waals surface area (Å²) in [7, 11) is 0. The van der Waals surface area contributed by atoms with Gasteiger partial charge in [-0.1, -0.05) is 20.3 Å². The van der Waals surface area contributed by atoms with Gasteiger partial charge in [0.05, 0.1) is 6.54 Å². The quantitative estimate of drug-likeness (QED) is 0.853. The van der Waals surface area contributed by atoms with Crippen molar-refractivity contribution in [3.05, 3.63) is 11.8 Å². The summed E-state index contributed by atoms with van der Waals surface area (Å²) in [5.74, 6) is 2.10. The molecule has 1 atom stereocenters. The SMILES string of the molecule is Cc1nnc(CN2CCCCC2CNCC(C)C)o1. The van der Waals surface area contributed by atoms with Gasteiger partial charge in [0, 0.05) is 19.5 Å². The maximum absolute atomic E-state index is 5.49. The predicted molar refractivity (Wildman–Crippen MR) is 74.8 cm³/mol. The molecule has 1 N–H and O–H groups in total. The van der Waals surface area contributed by atoms with Crippen molar-refractivity contribution in [3.8, 4) is 0 Å². The molecule has 1 aliphatic rings. The summed E-state index contributed by atoms with van der Waals surface area (Å²) in [6, 6.07) is 0.597. The van der Waals surface area contributed by atoms with Crippen LogP contribution in [0.15, 0.2) is 4.42 Å². The van der Waals surface area contributed by atoms with E-state index in [0.29, 0.717) is 17.9 Å². The minimum Gasteiger partial charge on any atom is -0.424 e. The van der Waals surface area contributed by atoms with E-state index in [9.17, 15) is 0 Å². The highest BCUT2D eigenvalue weighted by molar-refractivity contribution is 4.85. The van der Waals surface area contributed by atoms with Crippen molar-refractivity contribution >= 4 is 0 Å². The second kappa shape index (κ2) is 7.01. The van der Waals surface area contributed by atoms with E-state index >= 15 is 0 Å². The van der Waals surface area contributed by atoms with Crippen LogP contribution >= 0.6 is 0 Å². The number of aromatic nitrogens is 2. The van der Waals surface area contributed by atoms with Crippen LogP contribution in [0.4, 0.5) is 0 Å². The molecule has 1 saturated heterocycles. The highest BCUT2D eigenvalue weighted by Crippen LogP contribution is 2.18. The van der Waals surface area contributed by atoms with Crippen LogP contribution in [0.1, 0.15) is 44.9 Å². The zero-order valence-corrected chi connectivity index (χ0v) is 12.4. The minimum absolute atomic E-state index is 0.597. The van der Waals surface area contributed by atoms with Crippen molar-refractivity contribution < 1.29 is 4.42 Å². The van der Waals surface area contributed by atoms with E-state index in [2.05, 4.69) is 34.3 Å². The molecule has 5 heteroatoms. The predicted octanol–water partition coefficient (Wildman–Crippen LogP) is 1.98. The van der Waals surface area contributed by atoms with Gasteiger partial charge in [0.2, 0.25) is 11.8 Å². The average molecular weight is 266 g/mol. The first-order chi connectivity index (χ1) is 9.15. The standard InChI is InChI=1S/C14H26N4O/c1-11(2)8-15-9-13-6-4-5-7-18(13)10-14-17-16-12(3)19-14/h11,13,15H,4-10H2,1-3H3. The van der Waals surface area contributed by atoms with Gasteiger partial charge in [-0.2, -0.15) is 0 Å². The Bertz CT molecular complexity index is 377. The number of hydrogen-bond donors (Lipinski definition) is 1. The lowest BCUT2D eigenvalue weighted by Crippen LogP contribution is -2.45. The third kappa shape index (κ3) is 4.58. The Morgan fingerprint density at radius 3 is 2.89 bits per heavy atom. The molecule has 0 aliphatic carbocycles. The molecular formula is C14H26N4O. The molecule has 19 heavy (non-hydrogen) atoms. The van der Waals surface area contributed by atoms with Crippen LogP contribution in [0.2, 0.25) is 0 Å². The van der Waals surface area contributed by atoms with Gasteiger partial charge in [-0.15, -0.1) is 10.2 Å². The van der Waals surface area contributed by atoms with Crippen molar-refractivity contribution in [1.29, 1.82) is 0 Å². The number of piperidine rings is 1. The molecule has 1 aromatic heterocycles. The van der Waals surface area contributed by atoms with Crippen molar-refractivity contribution in [2.24, 2.45) is 5.92 Å². The van der Waals surface area contributed by atoms with Gasteiger partial charge >= 0.3 is 0 Å². The Morgan fingerprint density at radius 2 is 2.21 bits per heavy atom. The van der Waals surface area contributed by atoms with Crippen molar-refractivity contribution in [1.82, 2.24) is 20.4 Å². The number of nitrogens with one attached hydrogen (secondary N) is 1. The fourth-order valence-electron chi connectivity index (χ4n) is 2.61. The topological polar surface area (TPSA) is 54.2 Å². The van der Waals surface area contributed by atoms with Crippen LogP contribution in [0, 0.1) is 12.8 Å². The first-order valence-corrected chi connectivity index (χ1v) is 7.39. The fourth-order valence-corrected chi connectivity index (χ4v) is 2.61. The maximum Gasteiger partial charge on any atom is 0.230 e. The number of nitrogens with zero attached hydrogens (tertiary/aromatic N) is 3. The lowest BCUT2D eigenvalue weighted by Gasteiger charge is -2.35. The monoisotopic (exact) mass is 266 g/mol. The Morgan fingerprint density at radius 1 is 1.37 bits per heavy atom. The number of likely N-dealkylation sites (tertiary alicyclic amines) is 1. The van der Waals surface area contributed by atoms with Crippen molar-refractivity contribution in [2.75, 3.05) is 19.6 Å². The Hall–Kier alpha value is -0.940. The van der Waals surface area contributed by atoms with E-state index in [1.807, 2.05) is 6.92 Å². The molecule has 1 aromatic rings. The van der Waals surface area contributed by atoms with E-state index in [1.165, 1.54) is 19.3 Å². The molecule has 0 aromatic carbocycles. The smallest absolute Gasteiger partial charge is 0.230 e. The summed E-state index contributed by atoms with van der Waals surface area (Å²) in [6.07, 6.45) is 3.86. The van der Waals surface area contributed by atoms with Crippen LogP contribution in [0.3, 0.4) is 0 Å². The van der Waals surface area contributed by atoms with Crippen LogP contribution in [-0.4, -0.2) is 40.8 Å². The summed E-state index contributed by atoms with van der Waals surface area (Å²) < 4.78 is 5.49. The Balaban J connectivity index is 1.84. The molecule has 0 amide bonds. The second-order valence-electron chi connectivity index (χ2n) is 5.89. The molecule has 1 unspecified atom stereocenters. The normalized spacial score (nSPS) is 21.2. The lowest BCUT2D eigenvalue weighted by molar-refractivity contribution is 0.124. The number of hydrogen-bond acceptors (Lipinski definition) is 5. The van der Waals surface area contributed by atoms with Crippen LogP contribution in [0.5, 0.6) is 0 Å². The summed E-state index contributed by atoms with van der Waals surface area (Å²) in [6.45, 7) is 10.4. The summed E-state index contributed by atoms with van der Waals surface area (Å²) in [4.78, 5) is 2.48. The molecule has 0 bridgehead atoms. The first kappa shape index (κ1) is 14.5. The van der Waals surface area contributed by atoms with E-state index in [0.717, 1.165) is 32.1 Å². The van der Waals surface area contributed by atoms with Crippen molar-refractivity contribution in [2.45, 2.75) is 52.6 Å². The van der Waals surface area contributed by atoms with E-state index in [-0.39, 0.29) is 0 Å². The largest absolute Gasteiger partial charge is 0.424 e. The Labute approximate surface area is 115 Å². The van der Waals surface area contributed by atoms with Crippen LogP contribution in [0.25, 0.3) is 0 Å².